The first-order chi connectivity index (χ1) is 12.0. The van der Waals surface area contributed by atoms with Gasteiger partial charge in [-0.15, -0.1) is 11.3 Å². The number of benzene rings is 1. The first-order valence-corrected chi connectivity index (χ1v) is 9.94. The van der Waals surface area contributed by atoms with Gasteiger partial charge in [0, 0.05) is 35.9 Å². The smallest absolute Gasteiger partial charge is 0.220 e. The van der Waals surface area contributed by atoms with Crippen molar-refractivity contribution in [3.8, 4) is 11.3 Å². The number of thiazole rings is 1. The fourth-order valence-electron chi connectivity index (χ4n) is 3.23. The zero-order valence-electron chi connectivity index (χ0n) is 15.1. The third-order valence-electron chi connectivity index (χ3n) is 4.87. The van der Waals surface area contributed by atoms with Crippen LogP contribution in [0.5, 0.6) is 0 Å². The number of amides is 1. The zero-order chi connectivity index (χ0) is 17.7. The molecule has 1 N–H and O–H groups in total. The molecule has 1 amide bonds. The molecule has 0 spiro atoms. The molecule has 1 aromatic heterocycles. The molecule has 25 heavy (non-hydrogen) atoms. The zero-order valence-corrected chi connectivity index (χ0v) is 15.9. The van der Waals surface area contributed by atoms with Crippen molar-refractivity contribution in [2.24, 2.45) is 0 Å². The van der Waals surface area contributed by atoms with E-state index in [0.717, 1.165) is 29.4 Å². The van der Waals surface area contributed by atoms with Crippen molar-refractivity contribution in [1.82, 2.24) is 15.2 Å². The Labute approximate surface area is 154 Å². The van der Waals surface area contributed by atoms with Gasteiger partial charge in [-0.3, -0.25) is 9.69 Å². The number of carbonyl (C=O) groups is 1. The summed E-state index contributed by atoms with van der Waals surface area (Å²) < 4.78 is 0. The van der Waals surface area contributed by atoms with Gasteiger partial charge in [0.15, 0.2) is 0 Å². The number of aromatic nitrogens is 1. The molecule has 2 aromatic rings. The predicted molar refractivity (Wildman–Crippen MR) is 104 cm³/mol. The minimum atomic E-state index is 0.0355. The number of carbonyl (C=O) groups excluding carboxylic acids is 1. The van der Waals surface area contributed by atoms with Crippen molar-refractivity contribution >= 4 is 17.2 Å². The Morgan fingerprint density at radius 1 is 1.24 bits per heavy atom. The van der Waals surface area contributed by atoms with E-state index in [-0.39, 0.29) is 11.4 Å². The maximum atomic E-state index is 12.2. The summed E-state index contributed by atoms with van der Waals surface area (Å²) in [4.78, 5) is 19.3. The van der Waals surface area contributed by atoms with Crippen LogP contribution in [0.1, 0.15) is 38.1 Å². The molecule has 0 aliphatic carbocycles. The maximum absolute atomic E-state index is 12.2. The molecular formula is C20H27N3OS. The number of rotatable bonds is 7. The highest BCUT2D eigenvalue weighted by Crippen LogP contribution is 2.22. The molecule has 1 aromatic carbocycles. The molecule has 5 heteroatoms. The van der Waals surface area contributed by atoms with Gasteiger partial charge < -0.3 is 5.32 Å². The van der Waals surface area contributed by atoms with E-state index < -0.39 is 0 Å². The summed E-state index contributed by atoms with van der Waals surface area (Å²) >= 11 is 1.63. The lowest BCUT2D eigenvalue weighted by Crippen LogP contribution is -2.50. The summed E-state index contributed by atoms with van der Waals surface area (Å²) in [7, 11) is 0. The quantitative estimate of drug-likeness (QED) is 0.821. The second-order valence-electron chi connectivity index (χ2n) is 7.28. The van der Waals surface area contributed by atoms with Gasteiger partial charge in [-0.05, 0) is 39.8 Å². The summed E-state index contributed by atoms with van der Waals surface area (Å²) in [5, 5.41) is 6.19. The van der Waals surface area contributed by atoms with Crippen molar-refractivity contribution in [3.05, 3.63) is 40.7 Å². The lowest BCUT2D eigenvalue weighted by atomic mass is 10.0. The molecular weight excluding hydrogens is 330 g/mol. The van der Waals surface area contributed by atoms with Crippen LogP contribution >= 0.6 is 11.3 Å². The highest BCUT2D eigenvalue weighted by atomic mass is 32.1. The highest BCUT2D eigenvalue weighted by molar-refractivity contribution is 7.09. The minimum absolute atomic E-state index is 0.0355. The number of nitrogens with one attached hydrogen (secondary N) is 1. The third-order valence-corrected chi connectivity index (χ3v) is 5.78. The number of hydrogen-bond acceptors (Lipinski definition) is 4. The van der Waals surface area contributed by atoms with Gasteiger partial charge in [-0.2, -0.15) is 0 Å². The lowest BCUT2D eigenvalue weighted by molar-refractivity contribution is -0.121. The first kappa shape index (κ1) is 18.1. The lowest BCUT2D eigenvalue weighted by Gasteiger charge is -2.35. The van der Waals surface area contributed by atoms with Gasteiger partial charge in [0.1, 0.15) is 0 Å². The second kappa shape index (κ2) is 8.11. The number of likely N-dealkylation sites (tertiary alicyclic amines) is 1. The predicted octanol–water partition coefficient (Wildman–Crippen LogP) is 3.73. The van der Waals surface area contributed by atoms with E-state index in [9.17, 15) is 4.79 Å². The molecule has 3 rings (SSSR count). The van der Waals surface area contributed by atoms with Crippen LogP contribution in [0.2, 0.25) is 0 Å². The van der Waals surface area contributed by atoms with E-state index in [2.05, 4.69) is 46.6 Å². The molecule has 4 nitrogen and oxygen atoms in total. The Balaban J connectivity index is 1.45. The fourth-order valence-corrected chi connectivity index (χ4v) is 4.03. The first-order valence-electron chi connectivity index (χ1n) is 9.06. The average Bonchev–Trinajstić information content (AvgIpc) is 3.31. The van der Waals surface area contributed by atoms with Crippen LogP contribution in [0, 0.1) is 0 Å². The number of aryl methyl sites for hydroxylation is 1. The Hall–Kier alpha value is -1.72. The van der Waals surface area contributed by atoms with Crippen LogP contribution in [0.3, 0.4) is 0 Å². The molecule has 2 heterocycles. The van der Waals surface area contributed by atoms with Crippen LogP contribution in [0.25, 0.3) is 11.3 Å². The van der Waals surface area contributed by atoms with Crippen molar-refractivity contribution in [1.29, 1.82) is 0 Å². The fraction of sp³-hybridized carbons (Fsp3) is 0.500. The molecule has 1 aliphatic heterocycles. The van der Waals surface area contributed by atoms with Gasteiger partial charge in [-0.1, -0.05) is 30.3 Å². The normalized spacial score (nSPS) is 15.4. The van der Waals surface area contributed by atoms with E-state index in [1.54, 1.807) is 11.3 Å². The summed E-state index contributed by atoms with van der Waals surface area (Å²) in [5.74, 6) is 0.115. The van der Waals surface area contributed by atoms with Gasteiger partial charge in [0.25, 0.3) is 0 Å². The number of nitrogens with zero attached hydrogens (tertiary/aromatic N) is 2. The minimum Gasteiger partial charge on any atom is -0.354 e. The van der Waals surface area contributed by atoms with Crippen LogP contribution in [0.15, 0.2) is 35.7 Å². The summed E-state index contributed by atoms with van der Waals surface area (Å²) in [6.45, 7) is 7.42. The Bertz CT molecular complexity index is 690. The Morgan fingerprint density at radius 3 is 2.68 bits per heavy atom. The van der Waals surface area contributed by atoms with Gasteiger partial charge in [-0.25, -0.2) is 4.98 Å². The molecule has 0 radical (unpaired) electrons. The third kappa shape index (κ3) is 4.89. The van der Waals surface area contributed by atoms with E-state index in [1.165, 1.54) is 12.8 Å². The maximum Gasteiger partial charge on any atom is 0.220 e. The van der Waals surface area contributed by atoms with Gasteiger partial charge >= 0.3 is 0 Å². The second-order valence-corrected chi connectivity index (χ2v) is 8.22. The largest absolute Gasteiger partial charge is 0.354 e. The molecule has 0 atom stereocenters. The monoisotopic (exact) mass is 357 g/mol. The number of hydrogen-bond donors (Lipinski definition) is 1. The van der Waals surface area contributed by atoms with Crippen molar-refractivity contribution in [3.63, 3.8) is 0 Å². The Kier molecular flexibility index (Phi) is 5.86. The van der Waals surface area contributed by atoms with Crippen LogP contribution < -0.4 is 5.32 Å². The summed E-state index contributed by atoms with van der Waals surface area (Å²) in [5.41, 5.74) is 2.16. The summed E-state index contributed by atoms with van der Waals surface area (Å²) in [6.07, 6.45) is 3.74. The SMILES string of the molecule is CC(C)(CNC(=O)CCc1nc(-c2ccccc2)cs1)N1CCCC1. The van der Waals surface area contributed by atoms with Crippen molar-refractivity contribution in [2.75, 3.05) is 19.6 Å². The van der Waals surface area contributed by atoms with E-state index in [1.807, 2.05) is 18.2 Å². The molecule has 0 saturated carbocycles. The average molecular weight is 358 g/mol. The summed E-state index contributed by atoms with van der Waals surface area (Å²) in [6, 6.07) is 10.2. The Morgan fingerprint density at radius 2 is 1.96 bits per heavy atom. The molecule has 134 valence electrons. The van der Waals surface area contributed by atoms with Gasteiger partial charge in [0.05, 0.1) is 10.7 Å². The van der Waals surface area contributed by atoms with Crippen molar-refractivity contribution in [2.45, 2.75) is 45.1 Å². The molecule has 1 aliphatic rings. The van der Waals surface area contributed by atoms with Crippen LogP contribution in [-0.2, 0) is 11.2 Å². The molecule has 1 saturated heterocycles. The standard InChI is InChI=1S/C20H27N3OS/c1-20(2,23-12-6-7-13-23)15-21-18(24)10-11-19-22-17(14-25-19)16-8-4-3-5-9-16/h3-5,8-9,14H,6-7,10-13,15H2,1-2H3,(H,21,24). The van der Waals surface area contributed by atoms with E-state index in [4.69, 9.17) is 0 Å². The van der Waals surface area contributed by atoms with Crippen molar-refractivity contribution < 1.29 is 4.79 Å². The topological polar surface area (TPSA) is 45.2 Å². The van der Waals surface area contributed by atoms with Gasteiger partial charge in [0.2, 0.25) is 5.91 Å². The molecule has 0 bridgehead atoms. The van der Waals surface area contributed by atoms with Crippen LogP contribution in [0.4, 0.5) is 0 Å². The van der Waals surface area contributed by atoms with E-state index in [0.29, 0.717) is 19.4 Å². The van der Waals surface area contributed by atoms with Crippen LogP contribution in [-0.4, -0.2) is 41.0 Å². The highest BCUT2D eigenvalue weighted by Gasteiger charge is 2.29. The van der Waals surface area contributed by atoms with E-state index >= 15 is 0 Å². The molecule has 0 unspecified atom stereocenters. The molecule has 1 fully saturated rings.